The zero-order valence-corrected chi connectivity index (χ0v) is 7.22. The van der Waals surface area contributed by atoms with Gasteiger partial charge in [0, 0.05) is 0 Å². The standard InChI is InChI=1S/C11H16/c1-6-3-8-9(4-6)11-7(2)5-10(8)11/h7-11H,1,3-5H2,2H3. The molecule has 0 spiro atoms. The fourth-order valence-electron chi connectivity index (χ4n) is 3.97. The van der Waals surface area contributed by atoms with Gasteiger partial charge in [0.15, 0.2) is 0 Å². The van der Waals surface area contributed by atoms with Crippen LogP contribution >= 0.6 is 0 Å². The van der Waals surface area contributed by atoms with Crippen molar-refractivity contribution in [3.8, 4) is 0 Å². The van der Waals surface area contributed by atoms with Crippen molar-refractivity contribution in [2.75, 3.05) is 0 Å². The number of allylic oxidation sites excluding steroid dienone is 1. The first-order valence-electron chi connectivity index (χ1n) is 4.94. The topological polar surface area (TPSA) is 0 Å². The average Bonchev–Trinajstić information content (AvgIpc) is 2.22. The first kappa shape index (κ1) is 6.28. The molecule has 3 rings (SSSR count). The van der Waals surface area contributed by atoms with E-state index >= 15 is 0 Å². The maximum absolute atomic E-state index is 4.12. The second-order valence-corrected chi connectivity index (χ2v) is 4.94. The monoisotopic (exact) mass is 148 g/mol. The number of rotatable bonds is 0. The Labute approximate surface area is 68.7 Å². The van der Waals surface area contributed by atoms with Crippen LogP contribution in [0.15, 0.2) is 12.2 Å². The summed E-state index contributed by atoms with van der Waals surface area (Å²) in [5.74, 6) is 5.47. The van der Waals surface area contributed by atoms with Crippen molar-refractivity contribution >= 4 is 0 Å². The molecule has 0 N–H and O–H groups in total. The molecule has 0 aromatic carbocycles. The second-order valence-electron chi connectivity index (χ2n) is 4.94. The highest BCUT2D eigenvalue weighted by Crippen LogP contribution is 2.67. The van der Waals surface area contributed by atoms with E-state index in [0.29, 0.717) is 0 Å². The number of hydrogen-bond acceptors (Lipinski definition) is 0. The van der Waals surface area contributed by atoms with Gasteiger partial charge in [0.05, 0.1) is 0 Å². The molecule has 11 heavy (non-hydrogen) atoms. The molecule has 5 unspecified atom stereocenters. The number of hydrogen-bond donors (Lipinski definition) is 0. The summed E-state index contributed by atoms with van der Waals surface area (Å²) >= 11 is 0. The van der Waals surface area contributed by atoms with Crippen LogP contribution in [0.4, 0.5) is 0 Å². The van der Waals surface area contributed by atoms with E-state index in [-0.39, 0.29) is 0 Å². The van der Waals surface area contributed by atoms with Crippen molar-refractivity contribution in [1.82, 2.24) is 0 Å². The van der Waals surface area contributed by atoms with Crippen LogP contribution in [-0.2, 0) is 0 Å². The van der Waals surface area contributed by atoms with Crippen LogP contribution in [0.25, 0.3) is 0 Å². The molecule has 0 radical (unpaired) electrons. The first-order valence-corrected chi connectivity index (χ1v) is 4.94. The van der Waals surface area contributed by atoms with E-state index in [1.54, 1.807) is 5.57 Å². The van der Waals surface area contributed by atoms with Crippen LogP contribution in [0, 0.1) is 29.6 Å². The molecule has 3 fully saturated rings. The predicted molar refractivity (Wildman–Crippen MR) is 46.1 cm³/mol. The molecule has 0 aromatic rings. The van der Waals surface area contributed by atoms with E-state index in [4.69, 9.17) is 0 Å². The minimum absolute atomic E-state index is 1.05. The third-order valence-electron chi connectivity index (χ3n) is 4.44. The molecule has 0 nitrogen and oxygen atoms in total. The normalized spacial score (nSPS) is 59.4. The Morgan fingerprint density at radius 1 is 1.18 bits per heavy atom. The Morgan fingerprint density at radius 3 is 2.64 bits per heavy atom. The molecule has 0 aromatic heterocycles. The van der Waals surface area contributed by atoms with Crippen LogP contribution in [0.2, 0.25) is 0 Å². The fourth-order valence-corrected chi connectivity index (χ4v) is 3.97. The van der Waals surface area contributed by atoms with Crippen LogP contribution in [0.5, 0.6) is 0 Å². The molecule has 0 heterocycles. The van der Waals surface area contributed by atoms with E-state index in [1.165, 1.54) is 19.3 Å². The Kier molecular flexibility index (Phi) is 0.987. The summed E-state index contributed by atoms with van der Waals surface area (Å²) in [6.45, 7) is 6.55. The highest BCUT2D eigenvalue weighted by atomic mass is 14.6. The van der Waals surface area contributed by atoms with Gasteiger partial charge in [-0.1, -0.05) is 19.1 Å². The zero-order valence-electron chi connectivity index (χ0n) is 7.22. The van der Waals surface area contributed by atoms with Crippen molar-refractivity contribution < 1.29 is 0 Å². The summed E-state index contributed by atoms with van der Waals surface area (Å²) in [7, 11) is 0. The SMILES string of the molecule is C=C1CC2C(C1)C1C(C)CC21. The maximum atomic E-state index is 4.12. The molecule has 3 aliphatic rings. The molecule has 3 aliphatic carbocycles. The van der Waals surface area contributed by atoms with Gasteiger partial charge < -0.3 is 0 Å². The second kappa shape index (κ2) is 1.73. The first-order chi connectivity index (χ1) is 5.27. The van der Waals surface area contributed by atoms with E-state index in [1.807, 2.05) is 0 Å². The van der Waals surface area contributed by atoms with Gasteiger partial charge in [0.2, 0.25) is 0 Å². The molecule has 0 bridgehead atoms. The molecule has 5 atom stereocenters. The van der Waals surface area contributed by atoms with E-state index in [0.717, 1.165) is 29.6 Å². The summed E-state index contributed by atoms with van der Waals surface area (Å²) in [6.07, 6.45) is 4.27. The van der Waals surface area contributed by atoms with Crippen molar-refractivity contribution in [1.29, 1.82) is 0 Å². The summed E-state index contributed by atoms with van der Waals surface area (Å²) in [5.41, 5.74) is 1.54. The van der Waals surface area contributed by atoms with Crippen molar-refractivity contribution in [2.45, 2.75) is 26.2 Å². The highest BCUT2D eigenvalue weighted by molar-refractivity contribution is 5.19. The van der Waals surface area contributed by atoms with Gasteiger partial charge in [-0.3, -0.25) is 0 Å². The Hall–Kier alpha value is -0.260. The Balaban J connectivity index is 1.82. The third-order valence-corrected chi connectivity index (χ3v) is 4.44. The van der Waals surface area contributed by atoms with Crippen molar-refractivity contribution in [2.24, 2.45) is 29.6 Å². The maximum Gasteiger partial charge on any atom is -0.0289 e. The molecule has 0 saturated heterocycles. The fraction of sp³-hybridized carbons (Fsp3) is 0.818. The molecule has 0 amide bonds. The minimum atomic E-state index is 1.05. The Bertz CT molecular complexity index is 216. The summed E-state index contributed by atoms with van der Waals surface area (Å²) in [5, 5.41) is 0. The third kappa shape index (κ3) is 0.579. The quantitative estimate of drug-likeness (QED) is 0.463. The average molecular weight is 148 g/mol. The van der Waals surface area contributed by atoms with Gasteiger partial charge in [-0.25, -0.2) is 0 Å². The van der Waals surface area contributed by atoms with Gasteiger partial charge in [0.1, 0.15) is 0 Å². The summed E-state index contributed by atoms with van der Waals surface area (Å²) < 4.78 is 0. The smallest absolute Gasteiger partial charge is 0.0289 e. The van der Waals surface area contributed by atoms with Crippen LogP contribution in [0.3, 0.4) is 0 Å². The largest absolute Gasteiger partial charge is 0.0998 e. The minimum Gasteiger partial charge on any atom is -0.0998 e. The van der Waals surface area contributed by atoms with Crippen LogP contribution < -0.4 is 0 Å². The molecule has 0 heteroatoms. The van der Waals surface area contributed by atoms with E-state index in [2.05, 4.69) is 13.5 Å². The molecule has 0 aliphatic heterocycles. The van der Waals surface area contributed by atoms with E-state index < -0.39 is 0 Å². The zero-order chi connectivity index (χ0) is 7.59. The summed E-state index contributed by atoms with van der Waals surface area (Å²) in [4.78, 5) is 0. The van der Waals surface area contributed by atoms with Crippen molar-refractivity contribution in [3.05, 3.63) is 12.2 Å². The molecule has 60 valence electrons. The van der Waals surface area contributed by atoms with Crippen LogP contribution in [-0.4, -0.2) is 0 Å². The van der Waals surface area contributed by atoms with Gasteiger partial charge in [-0.05, 0) is 48.9 Å². The van der Waals surface area contributed by atoms with Crippen molar-refractivity contribution in [3.63, 3.8) is 0 Å². The van der Waals surface area contributed by atoms with E-state index in [9.17, 15) is 0 Å². The lowest BCUT2D eigenvalue weighted by Crippen LogP contribution is -2.55. The number of fused-ring (bicyclic) bond motifs is 4. The predicted octanol–water partition coefficient (Wildman–Crippen LogP) is 2.85. The lowest BCUT2D eigenvalue weighted by atomic mass is 9.44. The van der Waals surface area contributed by atoms with Gasteiger partial charge in [0.25, 0.3) is 0 Å². The van der Waals surface area contributed by atoms with Crippen LogP contribution in [0.1, 0.15) is 26.2 Å². The molecule has 3 saturated carbocycles. The lowest BCUT2D eigenvalue weighted by molar-refractivity contribution is -0.129. The molecular formula is C11H16. The van der Waals surface area contributed by atoms with Gasteiger partial charge >= 0.3 is 0 Å². The Morgan fingerprint density at radius 2 is 1.91 bits per heavy atom. The van der Waals surface area contributed by atoms with Gasteiger partial charge in [-0.15, -0.1) is 0 Å². The molecular weight excluding hydrogens is 132 g/mol. The van der Waals surface area contributed by atoms with Gasteiger partial charge in [-0.2, -0.15) is 0 Å². The lowest BCUT2D eigenvalue weighted by Gasteiger charge is -2.61. The highest BCUT2D eigenvalue weighted by Gasteiger charge is 2.60. The summed E-state index contributed by atoms with van der Waals surface area (Å²) in [6, 6.07) is 0.